The van der Waals surface area contributed by atoms with Gasteiger partial charge in [0.2, 0.25) is 27.7 Å². The second-order valence-corrected chi connectivity index (χ2v) is 19.6. The summed E-state index contributed by atoms with van der Waals surface area (Å²) in [5.41, 5.74) is -1.29. The minimum Gasteiger partial charge on any atom is -0.497 e. The molecule has 1 aromatic heterocycles. The number of rotatable bonds is 13. The molecule has 322 valence electrons. The molecular formula is C43H57N3O12S. The highest BCUT2D eigenvalue weighted by atomic mass is 32.2. The third kappa shape index (κ3) is 9.24. The zero-order chi connectivity index (χ0) is 42.1. The van der Waals surface area contributed by atoms with Crippen molar-refractivity contribution in [1.82, 2.24) is 14.6 Å². The summed E-state index contributed by atoms with van der Waals surface area (Å²) in [6.07, 6.45) is 7.45. The normalized spacial score (nSPS) is 30.2. The molecule has 1 aromatic carbocycles. The van der Waals surface area contributed by atoms with Crippen molar-refractivity contribution in [1.29, 1.82) is 0 Å². The molecule has 7 atom stereocenters. The van der Waals surface area contributed by atoms with Crippen LogP contribution in [-0.4, -0.2) is 112 Å². The topological polar surface area (TPSA) is 186 Å². The maximum atomic E-state index is 15.0. The minimum absolute atomic E-state index is 0.0141. The Balaban J connectivity index is 1.21. The Morgan fingerprint density at radius 2 is 1.83 bits per heavy atom. The van der Waals surface area contributed by atoms with Crippen LogP contribution in [0.4, 0.5) is 0 Å². The zero-order valence-corrected chi connectivity index (χ0v) is 35.4. The van der Waals surface area contributed by atoms with Gasteiger partial charge in [0.1, 0.15) is 30.3 Å². The first-order chi connectivity index (χ1) is 28.2. The van der Waals surface area contributed by atoms with Gasteiger partial charge in [0.15, 0.2) is 5.78 Å². The number of ether oxygens (including phenoxy) is 6. The monoisotopic (exact) mass is 839 g/mol. The maximum absolute atomic E-state index is 15.0. The lowest BCUT2D eigenvalue weighted by Gasteiger charge is -2.33. The molecule has 2 saturated heterocycles. The highest BCUT2D eigenvalue weighted by molar-refractivity contribution is 7.91. The minimum atomic E-state index is -3.97. The number of ketones is 1. The van der Waals surface area contributed by atoms with Crippen molar-refractivity contribution in [2.45, 2.75) is 102 Å². The molecule has 7 rings (SSSR count). The van der Waals surface area contributed by atoms with Crippen LogP contribution in [0, 0.1) is 29.1 Å². The molecule has 15 nitrogen and oxygen atoms in total. The Morgan fingerprint density at radius 1 is 1.05 bits per heavy atom. The standard InChI is InChI=1S/C43H57N3O12S/c1-26-8-6-7-9-28-20-43(28,41(50)45-59(51,52)42(3)12-13-42)21-36(47)35-18-30(23-46(35)40(49)33(27(2)16-26)19-38(48)57-31-24-55-25-31)58-39-32-11-10-29(54-5)17-34(32)37(22-44-39)56-15-14-53-4/h7,9-11,17,22,26-28,30-31,33,35H,6,8,12-16,18-21,23-25H2,1-5H3,(H,45,50)/b9-7-/t26-,27-,28-,30-,33+,35+,43-/m1/s1. The predicted molar refractivity (Wildman–Crippen MR) is 215 cm³/mol. The summed E-state index contributed by atoms with van der Waals surface area (Å²) < 4.78 is 61.9. The van der Waals surface area contributed by atoms with Crippen molar-refractivity contribution < 1.29 is 56.0 Å². The van der Waals surface area contributed by atoms with Crippen LogP contribution in [0.25, 0.3) is 10.8 Å². The van der Waals surface area contributed by atoms with Crippen LogP contribution >= 0.6 is 0 Å². The molecule has 0 spiro atoms. The number of Topliss-reactive ketones (excluding diaryl/α,β-unsaturated/α-hetero) is 1. The zero-order valence-electron chi connectivity index (χ0n) is 34.6. The van der Waals surface area contributed by atoms with Crippen LogP contribution in [0.2, 0.25) is 0 Å². The summed E-state index contributed by atoms with van der Waals surface area (Å²) in [7, 11) is -0.825. The van der Waals surface area contributed by atoms with Gasteiger partial charge in [-0.1, -0.05) is 26.0 Å². The van der Waals surface area contributed by atoms with E-state index in [9.17, 15) is 27.6 Å². The van der Waals surface area contributed by atoms with Gasteiger partial charge in [-0.2, -0.15) is 0 Å². The van der Waals surface area contributed by atoms with Crippen LogP contribution in [0.15, 0.2) is 36.5 Å². The van der Waals surface area contributed by atoms with Crippen LogP contribution in [0.5, 0.6) is 17.4 Å². The van der Waals surface area contributed by atoms with Gasteiger partial charge in [-0.25, -0.2) is 13.4 Å². The molecule has 4 heterocycles. The first-order valence-electron chi connectivity index (χ1n) is 20.8. The highest BCUT2D eigenvalue weighted by Crippen LogP contribution is 2.58. The number of benzene rings is 1. The summed E-state index contributed by atoms with van der Waals surface area (Å²) >= 11 is 0. The highest BCUT2D eigenvalue weighted by Gasteiger charge is 2.62. The molecule has 16 heteroatoms. The lowest BCUT2D eigenvalue weighted by molar-refractivity contribution is -0.175. The number of amides is 2. The van der Waals surface area contributed by atoms with Gasteiger partial charge < -0.3 is 33.3 Å². The Morgan fingerprint density at radius 3 is 2.53 bits per heavy atom. The third-order valence-electron chi connectivity index (χ3n) is 12.9. The number of carbonyl (C=O) groups excluding carboxylic acids is 4. The molecule has 5 aliphatic rings. The molecule has 2 aliphatic carbocycles. The van der Waals surface area contributed by atoms with E-state index in [0.717, 1.165) is 6.42 Å². The fraction of sp³-hybridized carbons (Fsp3) is 0.651. The van der Waals surface area contributed by atoms with E-state index in [2.05, 4.69) is 16.6 Å². The lowest BCUT2D eigenvalue weighted by Crippen LogP contribution is -2.48. The van der Waals surface area contributed by atoms with Gasteiger partial charge in [-0.15, -0.1) is 0 Å². The van der Waals surface area contributed by atoms with Crippen molar-refractivity contribution in [3.8, 4) is 17.4 Å². The second kappa shape index (κ2) is 17.4. The summed E-state index contributed by atoms with van der Waals surface area (Å²) in [6.45, 7) is 6.96. The van der Waals surface area contributed by atoms with E-state index in [4.69, 9.17) is 28.4 Å². The van der Waals surface area contributed by atoms with Crippen LogP contribution in [0.1, 0.15) is 78.6 Å². The average Bonchev–Trinajstić information content (AvgIpc) is 4.07. The molecule has 0 bridgehead atoms. The van der Waals surface area contributed by atoms with E-state index in [-0.39, 0.29) is 73.8 Å². The average molecular weight is 840 g/mol. The molecule has 2 saturated carbocycles. The van der Waals surface area contributed by atoms with Gasteiger partial charge >= 0.3 is 5.97 Å². The first-order valence-corrected chi connectivity index (χ1v) is 22.2. The van der Waals surface area contributed by atoms with Crippen molar-refractivity contribution >= 4 is 44.4 Å². The fourth-order valence-corrected chi connectivity index (χ4v) is 10.0. The number of nitrogens with zero attached hydrogens (tertiary/aromatic N) is 2. The number of fused-ring (bicyclic) bond motifs is 3. The number of pyridine rings is 1. The summed E-state index contributed by atoms with van der Waals surface area (Å²) in [5, 5.41) is 1.31. The molecule has 0 unspecified atom stereocenters. The van der Waals surface area contributed by atoms with E-state index in [1.807, 2.05) is 25.1 Å². The molecule has 1 N–H and O–H groups in total. The van der Waals surface area contributed by atoms with E-state index in [1.165, 1.54) is 4.90 Å². The SMILES string of the molecule is COCCOc1cnc(O[C@@H]2C[C@H]3C(=O)C[C@]4(C(=O)NS(=O)(=O)C5(C)CC5)C[C@H]4/C=C\CC[C@@H](C)C[C@@H](C)[C@H](CC(=O)OC4COC4)C(=O)N3C2)c2ccc(OC)cc12. The van der Waals surface area contributed by atoms with Crippen LogP contribution < -0.4 is 18.9 Å². The summed E-state index contributed by atoms with van der Waals surface area (Å²) in [5.74, 6) is -1.79. The van der Waals surface area contributed by atoms with Crippen molar-refractivity contribution in [2.24, 2.45) is 29.1 Å². The quantitative estimate of drug-likeness (QED) is 0.169. The predicted octanol–water partition coefficient (Wildman–Crippen LogP) is 4.54. The summed E-state index contributed by atoms with van der Waals surface area (Å²) in [6, 6.07) is 4.38. The molecule has 2 aromatic rings. The lowest BCUT2D eigenvalue weighted by atomic mass is 9.82. The van der Waals surface area contributed by atoms with E-state index >= 15 is 0 Å². The molecular weight excluding hydrogens is 783 g/mol. The number of allylic oxidation sites excluding steroid dienone is 2. The Hall–Kier alpha value is -4.28. The van der Waals surface area contributed by atoms with Gasteiger partial charge in [-0.05, 0) is 81.4 Å². The van der Waals surface area contributed by atoms with Crippen molar-refractivity contribution in [3.05, 3.63) is 36.5 Å². The molecule has 4 fully saturated rings. The van der Waals surface area contributed by atoms with Crippen LogP contribution in [-0.2, 0) is 43.4 Å². The molecule has 3 aliphatic heterocycles. The molecule has 59 heavy (non-hydrogen) atoms. The van der Waals surface area contributed by atoms with E-state index in [0.29, 0.717) is 74.2 Å². The number of hydrogen-bond donors (Lipinski definition) is 1. The van der Waals surface area contributed by atoms with Gasteiger partial charge in [0, 0.05) is 30.7 Å². The second-order valence-electron chi connectivity index (χ2n) is 17.4. The Bertz CT molecular complexity index is 2070. The smallest absolute Gasteiger partial charge is 0.307 e. The number of esters is 1. The van der Waals surface area contributed by atoms with Gasteiger partial charge in [0.25, 0.3) is 0 Å². The number of hydrogen-bond acceptors (Lipinski definition) is 13. The number of carbonyl (C=O) groups is 4. The maximum Gasteiger partial charge on any atom is 0.307 e. The number of nitrogens with one attached hydrogen (secondary N) is 1. The van der Waals surface area contributed by atoms with Gasteiger partial charge in [0.05, 0.1) is 68.2 Å². The fourth-order valence-electron chi connectivity index (χ4n) is 8.68. The largest absolute Gasteiger partial charge is 0.497 e. The molecule has 2 amide bonds. The van der Waals surface area contributed by atoms with Crippen LogP contribution in [0.3, 0.4) is 0 Å². The first kappa shape index (κ1) is 42.8. The number of sulfonamides is 1. The van der Waals surface area contributed by atoms with Gasteiger partial charge in [-0.3, -0.25) is 23.9 Å². The molecule has 0 radical (unpaired) electrons. The summed E-state index contributed by atoms with van der Waals surface area (Å²) in [4.78, 5) is 63.2. The van der Waals surface area contributed by atoms with Crippen molar-refractivity contribution in [2.75, 3.05) is 47.2 Å². The van der Waals surface area contributed by atoms with E-state index in [1.54, 1.807) is 39.5 Å². The van der Waals surface area contributed by atoms with Crippen molar-refractivity contribution in [3.63, 3.8) is 0 Å². The Labute approximate surface area is 345 Å². The number of methoxy groups -OCH3 is 2. The van der Waals surface area contributed by atoms with E-state index < -0.39 is 50.1 Å². The Kier molecular flexibility index (Phi) is 12.6. The number of aromatic nitrogens is 1. The third-order valence-corrected chi connectivity index (χ3v) is 15.1.